The third-order valence-corrected chi connectivity index (χ3v) is 9.19. The van der Waals surface area contributed by atoms with Crippen molar-refractivity contribution in [2.75, 3.05) is 37.7 Å². The van der Waals surface area contributed by atoms with Crippen LogP contribution in [0.15, 0.2) is 54.6 Å². The molecule has 3 unspecified atom stereocenters. The number of benzene rings is 3. The predicted molar refractivity (Wildman–Crippen MR) is 153 cm³/mol. The zero-order valence-corrected chi connectivity index (χ0v) is 23.3. The predicted octanol–water partition coefficient (Wildman–Crippen LogP) is 5.07. The summed E-state index contributed by atoms with van der Waals surface area (Å²) in [6.45, 7) is 3.84. The molecule has 3 aromatic carbocycles. The number of fused-ring (bicyclic) bond motifs is 5. The summed E-state index contributed by atoms with van der Waals surface area (Å²) in [6, 6.07) is 15.6. The highest BCUT2D eigenvalue weighted by Gasteiger charge is 2.46. The molecule has 42 heavy (non-hydrogen) atoms. The number of aromatic carboxylic acids is 1. The Labute approximate surface area is 246 Å². The summed E-state index contributed by atoms with van der Waals surface area (Å²) in [7, 11) is 0. The Balaban J connectivity index is 1.14. The maximum absolute atomic E-state index is 14.8. The lowest BCUT2D eigenvalue weighted by atomic mass is 9.91. The Kier molecular flexibility index (Phi) is 6.06. The molecule has 1 N–H and O–H groups in total. The van der Waals surface area contributed by atoms with Gasteiger partial charge in [-0.05, 0) is 48.9 Å². The van der Waals surface area contributed by atoms with Crippen LogP contribution in [0.5, 0.6) is 11.5 Å². The molecule has 0 radical (unpaired) electrons. The van der Waals surface area contributed by atoms with Gasteiger partial charge in [-0.2, -0.15) is 0 Å². The average molecular weight is 591 g/mol. The number of carbonyl (C=O) groups is 1. The van der Waals surface area contributed by atoms with Crippen LogP contribution in [0.25, 0.3) is 11.0 Å². The summed E-state index contributed by atoms with van der Waals surface area (Å²) in [5.41, 5.74) is 3.15. The van der Waals surface area contributed by atoms with Gasteiger partial charge in [0, 0.05) is 36.8 Å². The molecular formula is C31H28ClFN4O5. The van der Waals surface area contributed by atoms with E-state index in [1.165, 1.54) is 6.07 Å². The summed E-state index contributed by atoms with van der Waals surface area (Å²) in [5.74, 6) is 0.777. The number of ether oxygens (including phenoxy) is 3. The molecule has 8 rings (SSSR count). The van der Waals surface area contributed by atoms with Gasteiger partial charge in [0.25, 0.3) is 0 Å². The van der Waals surface area contributed by atoms with Crippen molar-refractivity contribution in [1.29, 1.82) is 0 Å². The van der Waals surface area contributed by atoms with E-state index in [2.05, 4.69) is 14.4 Å². The SMILES string of the molecule is O=C(O)c1ccc2nc3n(c2c1)C(C1CCO1)C1CN(c2cccc4c2O[C@H](c2ccc(Cl)cc2F)CO4)CCN1C3. The van der Waals surface area contributed by atoms with E-state index in [9.17, 15) is 14.3 Å². The summed E-state index contributed by atoms with van der Waals surface area (Å²) in [4.78, 5) is 21.5. The summed E-state index contributed by atoms with van der Waals surface area (Å²) >= 11 is 5.98. The van der Waals surface area contributed by atoms with Crippen molar-refractivity contribution in [3.63, 3.8) is 0 Å². The van der Waals surface area contributed by atoms with Crippen LogP contribution in [0.2, 0.25) is 5.02 Å². The van der Waals surface area contributed by atoms with E-state index in [0.29, 0.717) is 41.8 Å². The van der Waals surface area contributed by atoms with Gasteiger partial charge in [0.05, 0.1) is 47.0 Å². The van der Waals surface area contributed by atoms with Crippen LogP contribution < -0.4 is 14.4 Å². The maximum Gasteiger partial charge on any atom is 0.335 e. The van der Waals surface area contributed by atoms with Gasteiger partial charge in [-0.15, -0.1) is 0 Å². The van der Waals surface area contributed by atoms with Gasteiger partial charge >= 0.3 is 5.97 Å². The van der Waals surface area contributed by atoms with Gasteiger partial charge in [0.15, 0.2) is 17.6 Å². The number of imidazole rings is 1. The van der Waals surface area contributed by atoms with Crippen molar-refractivity contribution in [3.05, 3.63) is 82.4 Å². The van der Waals surface area contributed by atoms with Crippen molar-refractivity contribution in [2.24, 2.45) is 0 Å². The molecule has 2 saturated heterocycles. The Hall–Kier alpha value is -3.86. The monoisotopic (exact) mass is 590 g/mol. The Morgan fingerprint density at radius 1 is 1.12 bits per heavy atom. The van der Waals surface area contributed by atoms with Crippen LogP contribution in [0.1, 0.15) is 40.3 Å². The van der Waals surface area contributed by atoms with Gasteiger partial charge < -0.3 is 28.8 Å². The van der Waals surface area contributed by atoms with Gasteiger partial charge in [0.2, 0.25) is 0 Å². The normalized spacial score (nSPS) is 25.0. The Bertz CT molecular complexity index is 1730. The molecule has 9 nitrogen and oxygen atoms in total. The van der Waals surface area contributed by atoms with E-state index in [0.717, 1.165) is 42.1 Å². The topological polar surface area (TPSA) is 89.3 Å². The van der Waals surface area contributed by atoms with E-state index in [-0.39, 0.29) is 30.4 Å². The second-order valence-corrected chi connectivity index (χ2v) is 11.7. The van der Waals surface area contributed by atoms with Crippen molar-refractivity contribution < 1.29 is 28.5 Å². The van der Waals surface area contributed by atoms with Gasteiger partial charge in [-0.3, -0.25) is 4.90 Å². The molecule has 4 aliphatic heterocycles. The summed E-state index contributed by atoms with van der Waals surface area (Å²) in [5, 5.41) is 10.00. The number of nitrogens with zero attached hydrogens (tertiary/aromatic N) is 4. The first-order chi connectivity index (χ1) is 20.4. The fourth-order valence-corrected chi connectivity index (χ4v) is 7.00. The van der Waals surface area contributed by atoms with Crippen molar-refractivity contribution in [1.82, 2.24) is 14.5 Å². The summed E-state index contributed by atoms with van der Waals surface area (Å²) in [6.07, 6.45) is 0.328. The number of hydrogen-bond donors (Lipinski definition) is 1. The molecular weight excluding hydrogens is 563 g/mol. The maximum atomic E-state index is 14.8. The van der Waals surface area contributed by atoms with Crippen LogP contribution >= 0.6 is 11.6 Å². The van der Waals surface area contributed by atoms with Crippen LogP contribution in [-0.2, 0) is 11.3 Å². The first kappa shape index (κ1) is 25.8. The molecule has 0 spiro atoms. The highest BCUT2D eigenvalue weighted by Crippen LogP contribution is 2.46. The fraction of sp³-hybridized carbons (Fsp3) is 0.355. The zero-order valence-electron chi connectivity index (χ0n) is 22.6. The van der Waals surface area contributed by atoms with Crippen LogP contribution in [0.3, 0.4) is 0 Å². The Morgan fingerprint density at radius 3 is 2.79 bits per heavy atom. The fourth-order valence-electron chi connectivity index (χ4n) is 6.84. The average Bonchev–Trinajstić information content (AvgIpc) is 3.32. The lowest BCUT2D eigenvalue weighted by molar-refractivity contribution is -0.107. The van der Waals surface area contributed by atoms with E-state index in [1.807, 2.05) is 18.2 Å². The Morgan fingerprint density at radius 2 is 2.00 bits per heavy atom. The highest BCUT2D eigenvalue weighted by molar-refractivity contribution is 6.30. The molecule has 0 aliphatic carbocycles. The van der Waals surface area contributed by atoms with Crippen molar-refractivity contribution in [2.45, 2.75) is 37.3 Å². The second kappa shape index (κ2) is 9.86. The molecule has 11 heteroatoms. The standard InChI is InChI=1S/C31H28ClFN4O5/c32-18-5-6-19(20(33)13-18)27-16-41-26-3-1-2-22(30(26)42-27)35-9-10-36-15-28-34-21-7-4-17(31(38)39)12-23(21)37(28)29(24(36)14-35)25-8-11-40-25/h1-7,12-13,24-25,27,29H,8-11,14-16H2,(H,38,39)/t24?,25?,27-,29?/m0/s1. The molecule has 0 amide bonds. The second-order valence-electron chi connectivity index (χ2n) is 11.3. The van der Waals surface area contributed by atoms with Crippen molar-refractivity contribution in [3.8, 4) is 11.5 Å². The number of rotatable bonds is 4. The minimum Gasteiger partial charge on any atom is -0.485 e. The molecule has 2 fully saturated rings. The van der Waals surface area contributed by atoms with E-state index >= 15 is 0 Å². The quantitative estimate of drug-likeness (QED) is 0.352. The number of para-hydroxylation sites is 1. The molecule has 5 heterocycles. The molecule has 4 aromatic rings. The number of halogens is 2. The largest absolute Gasteiger partial charge is 0.485 e. The minimum absolute atomic E-state index is 0.00363. The number of piperazine rings is 1. The molecule has 1 aromatic heterocycles. The van der Waals surface area contributed by atoms with E-state index < -0.39 is 17.9 Å². The van der Waals surface area contributed by atoms with E-state index in [1.54, 1.807) is 30.3 Å². The van der Waals surface area contributed by atoms with Gasteiger partial charge in [0.1, 0.15) is 18.2 Å². The smallest absolute Gasteiger partial charge is 0.335 e. The third-order valence-electron chi connectivity index (χ3n) is 8.95. The van der Waals surface area contributed by atoms with Crippen LogP contribution in [0, 0.1) is 5.82 Å². The van der Waals surface area contributed by atoms with Crippen molar-refractivity contribution >= 4 is 34.3 Å². The summed E-state index contributed by atoms with van der Waals surface area (Å²) < 4.78 is 35.6. The molecule has 0 bridgehead atoms. The lowest BCUT2D eigenvalue weighted by Gasteiger charge is -2.52. The number of aromatic nitrogens is 2. The lowest BCUT2D eigenvalue weighted by Crippen LogP contribution is -2.61. The van der Waals surface area contributed by atoms with Crippen LogP contribution in [-0.4, -0.2) is 70.5 Å². The first-order valence-electron chi connectivity index (χ1n) is 14.2. The van der Waals surface area contributed by atoms with Crippen LogP contribution in [0.4, 0.5) is 10.1 Å². The van der Waals surface area contributed by atoms with E-state index in [4.69, 9.17) is 30.8 Å². The number of anilines is 1. The molecule has 4 atom stereocenters. The van der Waals surface area contributed by atoms with Gasteiger partial charge in [-0.1, -0.05) is 23.7 Å². The number of hydrogen-bond acceptors (Lipinski definition) is 7. The third kappa shape index (κ3) is 4.11. The molecule has 216 valence electrons. The van der Waals surface area contributed by atoms with Gasteiger partial charge in [-0.25, -0.2) is 14.2 Å². The zero-order chi connectivity index (χ0) is 28.5. The highest BCUT2D eigenvalue weighted by atomic mass is 35.5. The first-order valence-corrected chi connectivity index (χ1v) is 14.5. The number of carboxylic acids is 1. The molecule has 0 saturated carbocycles. The minimum atomic E-state index is -0.960. The number of carboxylic acid groups (broad SMARTS) is 1. The molecule has 4 aliphatic rings.